The predicted octanol–water partition coefficient (Wildman–Crippen LogP) is 3.39. The van der Waals surface area contributed by atoms with Crippen molar-refractivity contribution >= 4 is 0 Å². The second-order valence-corrected chi connectivity index (χ2v) is 4.84. The van der Waals surface area contributed by atoms with Crippen molar-refractivity contribution in [3.05, 3.63) is 35.0 Å². The number of aryl methyl sites for hydroxylation is 1. The minimum absolute atomic E-state index is 0.368. The lowest BCUT2D eigenvalue weighted by Crippen LogP contribution is -1.97. The highest BCUT2D eigenvalue weighted by atomic mass is 16.5. The number of aromatic amines is 1. The fraction of sp³-hybridized carbons (Fsp3) is 0.333. The molecule has 0 bridgehead atoms. The van der Waals surface area contributed by atoms with Crippen molar-refractivity contribution in [2.75, 3.05) is 7.11 Å². The summed E-state index contributed by atoms with van der Waals surface area (Å²) in [6, 6.07) is 7.92. The van der Waals surface area contributed by atoms with E-state index in [9.17, 15) is 0 Å². The van der Waals surface area contributed by atoms with E-state index in [2.05, 4.69) is 30.1 Å². The van der Waals surface area contributed by atoms with Crippen molar-refractivity contribution in [3.8, 4) is 23.1 Å². The Morgan fingerprint density at radius 3 is 2.58 bits per heavy atom. The van der Waals surface area contributed by atoms with Crippen LogP contribution in [0, 0.1) is 18.3 Å². The lowest BCUT2D eigenvalue weighted by molar-refractivity contribution is 0.407. The van der Waals surface area contributed by atoms with Crippen LogP contribution in [0.4, 0.5) is 0 Å². The Balaban J connectivity index is 2.58. The zero-order chi connectivity index (χ0) is 14.0. The van der Waals surface area contributed by atoms with E-state index in [1.807, 2.05) is 19.1 Å². The van der Waals surface area contributed by atoms with Gasteiger partial charge in [0.25, 0.3) is 0 Å². The van der Waals surface area contributed by atoms with E-state index in [1.54, 1.807) is 13.2 Å². The molecule has 0 fully saturated rings. The summed E-state index contributed by atoms with van der Waals surface area (Å²) in [4.78, 5) is 0. The van der Waals surface area contributed by atoms with E-state index in [1.165, 1.54) is 0 Å². The highest BCUT2D eigenvalue weighted by molar-refractivity contribution is 5.67. The molecule has 0 aliphatic rings. The molecule has 0 saturated heterocycles. The highest BCUT2D eigenvalue weighted by Gasteiger charge is 2.13. The zero-order valence-corrected chi connectivity index (χ0v) is 11.6. The van der Waals surface area contributed by atoms with Crippen LogP contribution in [0.15, 0.2) is 18.2 Å². The fourth-order valence-corrected chi connectivity index (χ4v) is 2.13. The average molecular weight is 255 g/mol. The van der Waals surface area contributed by atoms with Gasteiger partial charge >= 0.3 is 0 Å². The normalized spacial score (nSPS) is 10.5. The van der Waals surface area contributed by atoms with E-state index >= 15 is 0 Å². The first-order valence-electron chi connectivity index (χ1n) is 6.21. The third kappa shape index (κ3) is 2.45. The van der Waals surface area contributed by atoms with Crippen molar-refractivity contribution < 1.29 is 4.74 Å². The third-order valence-corrected chi connectivity index (χ3v) is 3.18. The molecule has 0 radical (unpaired) electrons. The number of methoxy groups -OCH3 is 1. The first kappa shape index (κ1) is 13.2. The number of aromatic nitrogens is 2. The number of benzene rings is 1. The Morgan fingerprint density at radius 2 is 2.05 bits per heavy atom. The van der Waals surface area contributed by atoms with Gasteiger partial charge < -0.3 is 4.74 Å². The molecule has 1 N–H and O–H groups in total. The SMILES string of the molecule is COc1cc(C)c(-c2cc(C#N)n[nH]2)cc1C(C)C. The minimum Gasteiger partial charge on any atom is -0.496 e. The predicted molar refractivity (Wildman–Crippen MR) is 74.1 cm³/mol. The Kier molecular flexibility index (Phi) is 3.57. The Hall–Kier alpha value is -2.28. The summed E-state index contributed by atoms with van der Waals surface area (Å²) in [6.45, 7) is 6.28. The lowest BCUT2D eigenvalue weighted by atomic mass is 9.95. The molecule has 1 heterocycles. The van der Waals surface area contributed by atoms with Crippen LogP contribution in [0.25, 0.3) is 11.3 Å². The molecule has 4 nitrogen and oxygen atoms in total. The molecule has 98 valence electrons. The molecule has 0 aliphatic heterocycles. The molecule has 1 aromatic heterocycles. The molecule has 0 saturated carbocycles. The molecule has 0 spiro atoms. The summed E-state index contributed by atoms with van der Waals surface area (Å²) < 4.78 is 5.43. The first-order valence-corrected chi connectivity index (χ1v) is 6.21. The van der Waals surface area contributed by atoms with Gasteiger partial charge in [-0.3, -0.25) is 5.10 Å². The van der Waals surface area contributed by atoms with Gasteiger partial charge in [0, 0.05) is 11.6 Å². The van der Waals surface area contributed by atoms with Gasteiger partial charge in [-0.05, 0) is 36.1 Å². The number of hydrogen-bond acceptors (Lipinski definition) is 3. The maximum atomic E-state index is 8.84. The van der Waals surface area contributed by atoms with Crippen LogP contribution >= 0.6 is 0 Å². The fourth-order valence-electron chi connectivity index (χ4n) is 2.13. The van der Waals surface area contributed by atoms with Gasteiger partial charge in [0.15, 0.2) is 5.69 Å². The van der Waals surface area contributed by atoms with Crippen LogP contribution in [0.3, 0.4) is 0 Å². The van der Waals surface area contributed by atoms with E-state index in [0.29, 0.717) is 11.6 Å². The van der Waals surface area contributed by atoms with Crippen LogP contribution in [-0.2, 0) is 0 Å². The molecular formula is C15H17N3O. The largest absolute Gasteiger partial charge is 0.496 e. The van der Waals surface area contributed by atoms with Crippen LogP contribution in [0.5, 0.6) is 5.75 Å². The molecule has 0 atom stereocenters. The third-order valence-electron chi connectivity index (χ3n) is 3.18. The van der Waals surface area contributed by atoms with Gasteiger partial charge in [-0.2, -0.15) is 10.4 Å². The molecular weight excluding hydrogens is 238 g/mol. The van der Waals surface area contributed by atoms with Crippen molar-refractivity contribution in [2.45, 2.75) is 26.7 Å². The number of nitriles is 1. The van der Waals surface area contributed by atoms with Crippen LogP contribution < -0.4 is 4.74 Å². The molecule has 0 unspecified atom stereocenters. The Morgan fingerprint density at radius 1 is 1.32 bits per heavy atom. The van der Waals surface area contributed by atoms with Gasteiger partial charge in [0.1, 0.15) is 11.8 Å². The van der Waals surface area contributed by atoms with E-state index < -0.39 is 0 Å². The smallest absolute Gasteiger partial charge is 0.162 e. The van der Waals surface area contributed by atoms with Crippen LogP contribution in [-0.4, -0.2) is 17.3 Å². The van der Waals surface area contributed by atoms with E-state index in [-0.39, 0.29) is 0 Å². The van der Waals surface area contributed by atoms with Crippen LogP contribution in [0.2, 0.25) is 0 Å². The Bertz CT molecular complexity index is 635. The number of H-pyrrole nitrogens is 1. The Labute approximate surface area is 113 Å². The molecule has 19 heavy (non-hydrogen) atoms. The standard InChI is InChI=1S/C15H17N3O/c1-9(2)12-7-13(10(3)5-15(12)19-4)14-6-11(8-16)17-18-14/h5-7,9H,1-4H3,(H,17,18). The topological polar surface area (TPSA) is 61.7 Å². The van der Waals surface area contributed by atoms with Gasteiger partial charge in [-0.1, -0.05) is 13.8 Å². The van der Waals surface area contributed by atoms with Crippen LogP contribution in [0.1, 0.15) is 36.6 Å². The van der Waals surface area contributed by atoms with Gasteiger partial charge in [-0.15, -0.1) is 0 Å². The molecule has 1 aromatic carbocycles. The van der Waals surface area contributed by atoms with Crippen molar-refractivity contribution in [2.24, 2.45) is 0 Å². The number of rotatable bonds is 3. The molecule has 2 aromatic rings. The number of ether oxygens (including phenoxy) is 1. The molecule has 4 heteroatoms. The zero-order valence-electron chi connectivity index (χ0n) is 11.6. The van der Waals surface area contributed by atoms with Crippen molar-refractivity contribution in [1.82, 2.24) is 10.2 Å². The summed E-state index contributed by atoms with van der Waals surface area (Å²) in [6.07, 6.45) is 0. The first-order chi connectivity index (χ1) is 9.06. The summed E-state index contributed by atoms with van der Waals surface area (Å²) >= 11 is 0. The highest BCUT2D eigenvalue weighted by Crippen LogP contribution is 2.33. The van der Waals surface area contributed by atoms with Gasteiger partial charge in [-0.25, -0.2) is 0 Å². The number of nitrogens with zero attached hydrogens (tertiary/aromatic N) is 2. The number of nitrogens with one attached hydrogen (secondary N) is 1. The molecule has 0 amide bonds. The van der Waals surface area contributed by atoms with Crippen molar-refractivity contribution in [1.29, 1.82) is 5.26 Å². The van der Waals surface area contributed by atoms with Gasteiger partial charge in [0.2, 0.25) is 0 Å². The van der Waals surface area contributed by atoms with Crippen molar-refractivity contribution in [3.63, 3.8) is 0 Å². The average Bonchev–Trinajstić information content (AvgIpc) is 2.86. The minimum atomic E-state index is 0.368. The summed E-state index contributed by atoms with van der Waals surface area (Å²) in [5.74, 6) is 1.27. The summed E-state index contributed by atoms with van der Waals surface area (Å²) in [5, 5.41) is 15.7. The lowest BCUT2D eigenvalue weighted by Gasteiger charge is -2.15. The quantitative estimate of drug-likeness (QED) is 0.914. The second-order valence-electron chi connectivity index (χ2n) is 4.84. The second kappa shape index (κ2) is 5.15. The summed E-state index contributed by atoms with van der Waals surface area (Å²) in [7, 11) is 1.68. The summed E-state index contributed by atoms with van der Waals surface area (Å²) in [5.41, 5.74) is 4.55. The van der Waals surface area contributed by atoms with Gasteiger partial charge in [0.05, 0.1) is 12.8 Å². The maximum Gasteiger partial charge on any atom is 0.162 e. The van der Waals surface area contributed by atoms with E-state index in [4.69, 9.17) is 10.00 Å². The number of hydrogen-bond donors (Lipinski definition) is 1. The monoisotopic (exact) mass is 255 g/mol. The van der Waals surface area contributed by atoms with E-state index in [0.717, 1.165) is 28.1 Å². The molecule has 2 rings (SSSR count). The maximum absolute atomic E-state index is 8.84. The molecule has 0 aliphatic carbocycles.